The summed E-state index contributed by atoms with van der Waals surface area (Å²) >= 11 is 0. The van der Waals surface area contributed by atoms with E-state index in [2.05, 4.69) is 0 Å². The Kier molecular flexibility index (Phi) is 4.20. The summed E-state index contributed by atoms with van der Waals surface area (Å²) in [6.07, 6.45) is -0.0174. The van der Waals surface area contributed by atoms with E-state index in [4.69, 9.17) is 10.00 Å². The second kappa shape index (κ2) is 5.13. The lowest BCUT2D eigenvalue weighted by molar-refractivity contribution is -0.00470. The van der Waals surface area contributed by atoms with Crippen LogP contribution in [0.4, 0.5) is 9.18 Å². The summed E-state index contributed by atoms with van der Waals surface area (Å²) in [5.74, 6) is -0.640. The molecular weight excluding hydrogens is 235 g/mol. The zero-order chi connectivity index (χ0) is 14.0. The lowest BCUT2D eigenvalue weighted by Gasteiger charge is -2.38. The Morgan fingerprint density at radius 3 is 2.33 bits per heavy atom. The zero-order valence-electron chi connectivity index (χ0n) is 11.5. The maximum Gasteiger partial charge on any atom is 0.410 e. The lowest BCUT2D eigenvalue weighted by Crippen LogP contribution is -2.48. The lowest BCUT2D eigenvalue weighted by atomic mass is 9.83. The number of nitriles is 1. The summed E-state index contributed by atoms with van der Waals surface area (Å²) in [4.78, 5) is 13.3. The number of hydrogen-bond acceptors (Lipinski definition) is 3. The number of ether oxygens (including phenoxy) is 1. The van der Waals surface area contributed by atoms with Crippen LogP contribution in [0.5, 0.6) is 0 Å². The Labute approximate surface area is 108 Å². The molecule has 1 amide bonds. The van der Waals surface area contributed by atoms with Crippen LogP contribution in [-0.4, -0.2) is 35.4 Å². The fourth-order valence-electron chi connectivity index (χ4n) is 1.94. The molecule has 0 N–H and O–H groups in total. The number of carbonyl (C=O) groups excluding carboxylic acids is 1. The van der Waals surface area contributed by atoms with E-state index in [1.807, 2.05) is 6.07 Å². The second-order valence-electron chi connectivity index (χ2n) is 5.85. The van der Waals surface area contributed by atoms with Crippen LogP contribution in [-0.2, 0) is 4.74 Å². The molecule has 1 saturated heterocycles. The molecular formula is C13H21FN2O2. The number of amides is 1. The molecule has 1 unspecified atom stereocenters. The molecule has 1 fully saturated rings. The third kappa shape index (κ3) is 3.59. The van der Waals surface area contributed by atoms with Crippen LogP contribution in [0.2, 0.25) is 0 Å². The number of carbonyl (C=O) groups is 1. The largest absolute Gasteiger partial charge is 0.444 e. The van der Waals surface area contributed by atoms with E-state index in [0.29, 0.717) is 13.1 Å². The number of nitrogens with zero attached hydrogens (tertiary/aromatic N) is 2. The van der Waals surface area contributed by atoms with Gasteiger partial charge in [0.2, 0.25) is 0 Å². The molecule has 1 aliphatic rings. The van der Waals surface area contributed by atoms with Gasteiger partial charge in [-0.25, -0.2) is 9.18 Å². The number of alkyl halides is 1. The van der Waals surface area contributed by atoms with Crippen molar-refractivity contribution in [3.8, 4) is 6.07 Å². The van der Waals surface area contributed by atoms with Crippen molar-refractivity contribution in [1.82, 2.24) is 4.90 Å². The van der Waals surface area contributed by atoms with Gasteiger partial charge in [-0.3, -0.25) is 0 Å². The van der Waals surface area contributed by atoms with Crippen LogP contribution in [0.15, 0.2) is 0 Å². The van der Waals surface area contributed by atoms with Gasteiger partial charge in [-0.2, -0.15) is 5.26 Å². The third-order valence-corrected chi connectivity index (χ3v) is 3.22. The van der Waals surface area contributed by atoms with Crippen LogP contribution in [0.3, 0.4) is 0 Å². The van der Waals surface area contributed by atoms with E-state index in [1.165, 1.54) is 4.90 Å². The summed E-state index contributed by atoms with van der Waals surface area (Å²) in [5.41, 5.74) is -2.02. The van der Waals surface area contributed by atoms with Gasteiger partial charge in [-0.15, -0.1) is 0 Å². The first kappa shape index (κ1) is 14.7. The minimum Gasteiger partial charge on any atom is -0.444 e. The van der Waals surface area contributed by atoms with Crippen molar-refractivity contribution in [3.63, 3.8) is 0 Å². The monoisotopic (exact) mass is 256 g/mol. The number of halogens is 1. The summed E-state index contributed by atoms with van der Waals surface area (Å²) in [7, 11) is 0. The molecule has 1 atom stereocenters. The first-order chi connectivity index (χ1) is 8.18. The van der Waals surface area contributed by atoms with E-state index < -0.39 is 23.3 Å². The molecule has 0 aromatic rings. The SMILES string of the molecule is CC(C#N)C1(F)CCN(C(=O)OC(C)(C)C)CC1. The van der Waals surface area contributed by atoms with Crippen molar-refractivity contribution in [1.29, 1.82) is 5.26 Å². The predicted octanol–water partition coefficient (Wildman–Crippen LogP) is 2.89. The van der Waals surface area contributed by atoms with Gasteiger partial charge in [0.1, 0.15) is 11.3 Å². The molecule has 0 radical (unpaired) electrons. The maximum atomic E-state index is 14.3. The quantitative estimate of drug-likeness (QED) is 0.725. The Bertz CT molecular complexity index is 349. The molecule has 102 valence electrons. The van der Waals surface area contributed by atoms with Gasteiger partial charge in [-0.1, -0.05) is 0 Å². The number of piperidine rings is 1. The topological polar surface area (TPSA) is 53.3 Å². The highest BCUT2D eigenvalue weighted by atomic mass is 19.1. The van der Waals surface area contributed by atoms with Crippen LogP contribution in [0.25, 0.3) is 0 Å². The molecule has 0 aromatic carbocycles. The smallest absolute Gasteiger partial charge is 0.410 e. The van der Waals surface area contributed by atoms with Crippen molar-refractivity contribution in [2.24, 2.45) is 5.92 Å². The molecule has 18 heavy (non-hydrogen) atoms. The molecule has 1 heterocycles. The standard InChI is InChI=1S/C13H21FN2O2/c1-10(9-15)13(14)5-7-16(8-6-13)11(17)18-12(2,3)4/h10H,5-8H2,1-4H3. The minimum atomic E-state index is -1.48. The average Bonchev–Trinajstić information content (AvgIpc) is 2.26. The molecule has 0 saturated carbocycles. The molecule has 0 aliphatic carbocycles. The van der Waals surface area contributed by atoms with Gasteiger partial charge in [-0.05, 0) is 27.7 Å². The normalized spacial score (nSPS) is 21.0. The molecule has 0 bridgehead atoms. The fourth-order valence-corrected chi connectivity index (χ4v) is 1.94. The van der Waals surface area contributed by atoms with Crippen molar-refractivity contribution in [2.75, 3.05) is 13.1 Å². The van der Waals surface area contributed by atoms with Crippen molar-refractivity contribution in [2.45, 2.75) is 51.8 Å². The van der Waals surface area contributed by atoms with Crippen molar-refractivity contribution >= 4 is 6.09 Å². The summed E-state index contributed by atoms with van der Waals surface area (Å²) in [6.45, 7) is 7.59. The van der Waals surface area contributed by atoms with Crippen molar-refractivity contribution in [3.05, 3.63) is 0 Å². The molecule has 5 heteroatoms. The molecule has 0 aromatic heterocycles. The Hall–Kier alpha value is -1.31. The van der Waals surface area contributed by atoms with Crippen molar-refractivity contribution < 1.29 is 13.9 Å². The first-order valence-corrected chi connectivity index (χ1v) is 6.24. The van der Waals surface area contributed by atoms with E-state index in [9.17, 15) is 9.18 Å². The van der Waals surface area contributed by atoms with E-state index in [0.717, 1.165) is 0 Å². The Balaban J connectivity index is 2.55. The van der Waals surface area contributed by atoms with Gasteiger partial charge in [0.05, 0.1) is 12.0 Å². The number of hydrogen-bond donors (Lipinski definition) is 0. The molecule has 0 spiro atoms. The fraction of sp³-hybridized carbons (Fsp3) is 0.846. The van der Waals surface area contributed by atoms with Crippen LogP contribution in [0, 0.1) is 17.2 Å². The summed E-state index contributed by atoms with van der Waals surface area (Å²) in [6, 6.07) is 1.95. The number of rotatable bonds is 1. The van der Waals surface area contributed by atoms with Crippen LogP contribution < -0.4 is 0 Å². The van der Waals surface area contributed by atoms with E-state index in [-0.39, 0.29) is 12.8 Å². The highest BCUT2D eigenvalue weighted by Gasteiger charge is 2.41. The summed E-state index contributed by atoms with van der Waals surface area (Å²) < 4.78 is 19.6. The number of likely N-dealkylation sites (tertiary alicyclic amines) is 1. The third-order valence-electron chi connectivity index (χ3n) is 3.22. The van der Waals surface area contributed by atoms with Gasteiger partial charge < -0.3 is 9.64 Å². The molecule has 1 aliphatic heterocycles. The highest BCUT2D eigenvalue weighted by Crippen LogP contribution is 2.34. The maximum absolute atomic E-state index is 14.3. The molecule has 1 rings (SSSR count). The Morgan fingerprint density at radius 2 is 1.94 bits per heavy atom. The van der Waals surface area contributed by atoms with E-state index in [1.54, 1.807) is 27.7 Å². The van der Waals surface area contributed by atoms with Gasteiger partial charge >= 0.3 is 6.09 Å². The average molecular weight is 256 g/mol. The van der Waals surface area contributed by atoms with Gasteiger partial charge in [0.25, 0.3) is 0 Å². The second-order valence-corrected chi connectivity index (χ2v) is 5.85. The Morgan fingerprint density at radius 1 is 1.44 bits per heavy atom. The molecule has 4 nitrogen and oxygen atoms in total. The van der Waals surface area contributed by atoms with Gasteiger partial charge in [0.15, 0.2) is 0 Å². The predicted molar refractivity (Wildman–Crippen MR) is 65.7 cm³/mol. The van der Waals surface area contributed by atoms with Crippen LogP contribution in [0.1, 0.15) is 40.5 Å². The highest BCUT2D eigenvalue weighted by molar-refractivity contribution is 5.68. The minimum absolute atomic E-state index is 0.195. The van der Waals surface area contributed by atoms with Crippen LogP contribution >= 0.6 is 0 Å². The van der Waals surface area contributed by atoms with Gasteiger partial charge in [0, 0.05) is 25.9 Å². The first-order valence-electron chi connectivity index (χ1n) is 6.24. The summed E-state index contributed by atoms with van der Waals surface area (Å²) in [5, 5.41) is 8.78. The van der Waals surface area contributed by atoms with E-state index >= 15 is 0 Å². The zero-order valence-corrected chi connectivity index (χ0v) is 11.5.